The maximum Gasteiger partial charge on any atom is 0.261 e. The first-order chi connectivity index (χ1) is 16.8. The van der Waals surface area contributed by atoms with E-state index in [1.54, 1.807) is 18.9 Å². The predicted octanol–water partition coefficient (Wildman–Crippen LogP) is 5.83. The Morgan fingerprint density at radius 2 is 1.74 bits per heavy atom. The minimum Gasteiger partial charge on any atom is -0.497 e. The van der Waals surface area contributed by atoms with Gasteiger partial charge in [-0.1, -0.05) is 51.3 Å². The number of rotatable bonds is 10. The van der Waals surface area contributed by atoms with Gasteiger partial charge in [-0.2, -0.15) is 0 Å². The lowest BCUT2D eigenvalue weighted by Crippen LogP contribution is -2.51. The molecule has 2 aromatic carbocycles. The Bertz CT molecular complexity index is 987. The summed E-state index contributed by atoms with van der Waals surface area (Å²) in [5.41, 5.74) is 2.10. The monoisotopic (exact) mass is 544 g/mol. The van der Waals surface area contributed by atoms with E-state index in [-0.39, 0.29) is 24.5 Å². The number of halogens is 1. The van der Waals surface area contributed by atoms with Crippen LogP contribution >= 0.6 is 15.9 Å². The lowest BCUT2D eigenvalue weighted by molar-refractivity contribution is -0.142. The summed E-state index contributed by atoms with van der Waals surface area (Å²) < 4.78 is 11.9. The van der Waals surface area contributed by atoms with Crippen molar-refractivity contribution in [3.63, 3.8) is 0 Å². The Hall–Kier alpha value is -2.54. The molecule has 1 fully saturated rings. The quantitative estimate of drug-likeness (QED) is 0.408. The zero-order chi connectivity index (χ0) is 25.4. The number of methoxy groups -OCH3 is 1. The molecule has 0 aromatic heterocycles. The van der Waals surface area contributed by atoms with E-state index in [0.29, 0.717) is 18.2 Å². The van der Waals surface area contributed by atoms with Crippen molar-refractivity contribution in [2.45, 2.75) is 77.4 Å². The molecule has 2 amide bonds. The molecule has 35 heavy (non-hydrogen) atoms. The Labute approximate surface area is 217 Å². The van der Waals surface area contributed by atoms with Gasteiger partial charge >= 0.3 is 0 Å². The summed E-state index contributed by atoms with van der Waals surface area (Å²) in [7, 11) is 1.62. The lowest BCUT2D eigenvalue weighted by atomic mass is 9.95. The normalized spacial score (nSPS) is 14.9. The van der Waals surface area contributed by atoms with Crippen LogP contribution < -0.4 is 14.8 Å². The van der Waals surface area contributed by atoms with Crippen molar-refractivity contribution in [1.29, 1.82) is 0 Å². The van der Waals surface area contributed by atoms with Crippen molar-refractivity contribution < 1.29 is 19.1 Å². The SMILES string of the molecule is COc1ccc(CN(C(=O)COc2ccc(C(C)C)cc2Br)C(C)C(=O)NC2CCCCC2)cc1. The van der Waals surface area contributed by atoms with E-state index in [9.17, 15) is 9.59 Å². The molecule has 0 radical (unpaired) electrons. The first kappa shape index (κ1) is 27.1. The van der Waals surface area contributed by atoms with Crippen molar-refractivity contribution in [3.05, 3.63) is 58.1 Å². The van der Waals surface area contributed by atoms with Crippen LogP contribution in [0.15, 0.2) is 46.9 Å². The zero-order valence-electron chi connectivity index (χ0n) is 21.2. The maximum atomic E-state index is 13.3. The number of benzene rings is 2. The average molecular weight is 546 g/mol. The molecular formula is C28H37BrN2O4. The molecule has 1 unspecified atom stereocenters. The van der Waals surface area contributed by atoms with Crippen LogP contribution in [0, 0.1) is 0 Å². The van der Waals surface area contributed by atoms with Crippen LogP contribution in [0.4, 0.5) is 0 Å². The molecule has 0 spiro atoms. The first-order valence-corrected chi connectivity index (χ1v) is 13.2. The Morgan fingerprint density at radius 1 is 1.06 bits per heavy atom. The number of nitrogens with zero attached hydrogens (tertiary/aromatic N) is 1. The fraction of sp³-hybridized carbons (Fsp3) is 0.500. The Kier molecular flexibility index (Phi) is 10.0. The van der Waals surface area contributed by atoms with Gasteiger partial charge in [-0.15, -0.1) is 0 Å². The number of carbonyl (C=O) groups excluding carboxylic acids is 2. The molecule has 1 aliphatic rings. The molecular weight excluding hydrogens is 508 g/mol. The van der Waals surface area contributed by atoms with Crippen molar-refractivity contribution in [3.8, 4) is 11.5 Å². The molecule has 0 aliphatic heterocycles. The third-order valence-corrected chi connectivity index (χ3v) is 7.22. The third kappa shape index (κ3) is 7.72. The molecule has 1 atom stereocenters. The molecule has 3 rings (SSSR count). The van der Waals surface area contributed by atoms with Crippen molar-refractivity contribution in [1.82, 2.24) is 10.2 Å². The molecule has 7 heteroatoms. The summed E-state index contributed by atoms with van der Waals surface area (Å²) in [5, 5.41) is 3.16. The number of carbonyl (C=O) groups is 2. The second-order valence-corrected chi connectivity index (χ2v) is 10.4. The van der Waals surface area contributed by atoms with Crippen molar-refractivity contribution in [2.24, 2.45) is 0 Å². The molecule has 1 saturated carbocycles. The summed E-state index contributed by atoms with van der Waals surface area (Å²) in [5.74, 6) is 1.37. The van der Waals surface area contributed by atoms with E-state index in [1.165, 1.54) is 12.0 Å². The smallest absolute Gasteiger partial charge is 0.261 e. The molecule has 190 valence electrons. The van der Waals surface area contributed by atoms with E-state index >= 15 is 0 Å². The highest BCUT2D eigenvalue weighted by Crippen LogP contribution is 2.29. The fourth-order valence-electron chi connectivity index (χ4n) is 4.29. The average Bonchev–Trinajstić information content (AvgIpc) is 2.86. The highest BCUT2D eigenvalue weighted by Gasteiger charge is 2.28. The van der Waals surface area contributed by atoms with Gasteiger partial charge < -0.3 is 19.7 Å². The third-order valence-electron chi connectivity index (χ3n) is 6.60. The molecule has 2 aromatic rings. The van der Waals surface area contributed by atoms with E-state index < -0.39 is 6.04 Å². The van der Waals surface area contributed by atoms with Gasteiger partial charge in [0.2, 0.25) is 5.91 Å². The molecule has 0 heterocycles. The largest absolute Gasteiger partial charge is 0.497 e. The van der Waals surface area contributed by atoms with Crippen LogP contribution in [0.5, 0.6) is 11.5 Å². The lowest BCUT2D eigenvalue weighted by Gasteiger charge is -2.31. The maximum absolute atomic E-state index is 13.3. The summed E-state index contributed by atoms with van der Waals surface area (Å²) in [6.07, 6.45) is 5.47. The van der Waals surface area contributed by atoms with Crippen LogP contribution in [-0.2, 0) is 16.1 Å². The van der Waals surface area contributed by atoms with Crippen LogP contribution in [-0.4, -0.2) is 42.5 Å². The van der Waals surface area contributed by atoms with Gasteiger partial charge in [-0.25, -0.2) is 0 Å². The fourth-order valence-corrected chi connectivity index (χ4v) is 4.81. The predicted molar refractivity (Wildman–Crippen MR) is 142 cm³/mol. The van der Waals surface area contributed by atoms with E-state index in [0.717, 1.165) is 41.5 Å². The van der Waals surface area contributed by atoms with E-state index in [2.05, 4.69) is 35.1 Å². The molecule has 6 nitrogen and oxygen atoms in total. The van der Waals surface area contributed by atoms with Gasteiger partial charge in [-0.05, 0) is 77.0 Å². The summed E-state index contributed by atoms with van der Waals surface area (Å²) in [6, 6.07) is 13.0. The van der Waals surface area contributed by atoms with Gasteiger partial charge in [0.1, 0.15) is 17.5 Å². The topological polar surface area (TPSA) is 67.9 Å². The second kappa shape index (κ2) is 13.0. The zero-order valence-corrected chi connectivity index (χ0v) is 22.8. The highest BCUT2D eigenvalue weighted by molar-refractivity contribution is 9.10. The molecule has 1 N–H and O–H groups in total. The van der Waals surface area contributed by atoms with Gasteiger partial charge in [0.05, 0.1) is 11.6 Å². The molecule has 0 saturated heterocycles. The molecule has 0 bridgehead atoms. The van der Waals surface area contributed by atoms with Crippen molar-refractivity contribution in [2.75, 3.05) is 13.7 Å². The summed E-state index contributed by atoms with van der Waals surface area (Å²) >= 11 is 3.55. The van der Waals surface area contributed by atoms with Crippen LogP contribution in [0.2, 0.25) is 0 Å². The standard InChI is InChI=1S/C28H37BrN2O4/c1-19(2)22-12-15-26(25(29)16-22)35-18-27(32)31(17-21-10-13-24(34-4)14-11-21)20(3)28(33)30-23-8-6-5-7-9-23/h10-16,19-20,23H,5-9,17-18H2,1-4H3,(H,30,33). The second-order valence-electron chi connectivity index (χ2n) is 9.52. The minimum absolute atomic E-state index is 0.124. The summed E-state index contributed by atoms with van der Waals surface area (Å²) in [6.45, 7) is 6.19. The first-order valence-electron chi connectivity index (χ1n) is 12.4. The highest BCUT2D eigenvalue weighted by atomic mass is 79.9. The van der Waals surface area contributed by atoms with Crippen LogP contribution in [0.3, 0.4) is 0 Å². The van der Waals surface area contributed by atoms with Crippen LogP contribution in [0.25, 0.3) is 0 Å². The summed E-state index contributed by atoms with van der Waals surface area (Å²) in [4.78, 5) is 28.0. The number of hydrogen-bond acceptors (Lipinski definition) is 4. The number of amides is 2. The van der Waals surface area contributed by atoms with E-state index in [4.69, 9.17) is 9.47 Å². The molecule has 1 aliphatic carbocycles. The van der Waals surface area contributed by atoms with Gasteiger partial charge in [-0.3, -0.25) is 9.59 Å². The Balaban J connectivity index is 1.72. The number of nitrogens with one attached hydrogen (secondary N) is 1. The van der Waals surface area contributed by atoms with Crippen molar-refractivity contribution >= 4 is 27.7 Å². The minimum atomic E-state index is -0.623. The number of ether oxygens (including phenoxy) is 2. The Morgan fingerprint density at radius 3 is 2.34 bits per heavy atom. The van der Waals surface area contributed by atoms with Gasteiger partial charge in [0.25, 0.3) is 5.91 Å². The number of hydrogen-bond donors (Lipinski definition) is 1. The van der Waals surface area contributed by atoms with Gasteiger partial charge in [0.15, 0.2) is 6.61 Å². The van der Waals surface area contributed by atoms with Crippen LogP contribution in [0.1, 0.15) is 69.9 Å². The van der Waals surface area contributed by atoms with Gasteiger partial charge in [0, 0.05) is 12.6 Å². The van der Waals surface area contributed by atoms with E-state index in [1.807, 2.05) is 42.5 Å².